The molecule has 3 aliphatic heterocycles. The molecule has 5 N–H and O–H groups in total. The molecule has 5 rings (SSSR count). The number of aromatic hydroxyl groups is 1. The average Bonchev–Trinajstić information content (AvgIpc) is 3.36. The maximum Gasteiger partial charge on any atom is 0.312 e. The van der Waals surface area contributed by atoms with E-state index in [0.717, 1.165) is 0 Å². The lowest BCUT2D eigenvalue weighted by molar-refractivity contribution is -0.160. The molecule has 1 aliphatic carbocycles. The Morgan fingerprint density at radius 1 is 0.962 bits per heavy atom. The molecule has 0 radical (unpaired) electrons. The summed E-state index contributed by atoms with van der Waals surface area (Å²) in [5.41, 5.74) is -1.50. The van der Waals surface area contributed by atoms with Crippen molar-refractivity contribution in [3.63, 3.8) is 0 Å². The monoisotopic (exact) mass is 724 g/mol. The number of ether oxygens (including phenoxy) is 5. The number of allylic oxidation sites excluding steroid dienone is 4. The Morgan fingerprint density at radius 3 is 2.21 bits per heavy atom. The van der Waals surface area contributed by atoms with Gasteiger partial charge in [-0.25, -0.2) is 0 Å². The normalized spacial score (nSPS) is 33.7. The van der Waals surface area contributed by atoms with Gasteiger partial charge in [0.2, 0.25) is 5.78 Å². The van der Waals surface area contributed by atoms with Gasteiger partial charge in [0.05, 0.1) is 42.8 Å². The summed E-state index contributed by atoms with van der Waals surface area (Å²) >= 11 is 0. The van der Waals surface area contributed by atoms with Crippen LogP contribution in [0.1, 0.15) is 80.3 Å². The number of fused-ring (bicyclic) bond motifs is 14. The summed E-state index contributed by atoms with van der Waals surface area (Å²) in [4.78, 5) is 53.6. The van der Waals surface area contributed by atoms with Crippen molar-refractivity contribution in [1.29, 1.82) is 5.41 Å². The summed E-state index contributed by atoms with van der Waals surface area (Å²) in [6.45, 7) is 12.4. The first-order chi connectivity index (χ1) is 24.3. The second kappa shape index (κ2) is 15.4. The van der Waals surface area contributed by atoms with Crippen molar-refractivity contribution < 1.29 is 58.2 Å². The molecule has 0 unspecified atom stereocenters. The summed E-state index contributed by atoms with van der Waals surface area (Å²) in [6.07, 6.45) is 3.47. The van der Waals surface area contributed by atoms with Crippen molar-refractivity contribution in [2.45, 2.75) is 85.6 Å². The van der Waals surface area contributed by atoms with E-state index in [4.69, 9.17) is 29.1 Å². The minimum Gasteiger partial charge on any atom is -0.507 e. The first kappa shape index (κ1) is 40.0. The molecule has 3 heterocycles. The van der Waals surface area contributed by atoms with E-state index >= 15 is 0 Å². The molecule has 52 heavy (non-hydrogen) atoms. The molecular weight excluding hydrogens is 676 g/mol. The fourth-order valence-electron chi connectivity index (χ4n) is 6.90. The number of rotatable bonds is 3. The highest BCUT2D eigenvalue weighted by molar-refractivity contribution is 6.32. The summed E-state index contributed by atoms with van der Waals surface area (Å²) in [6, 6.07) is 0. The molecule has 0 aromatic heterocycles. The SMILES string of the molecule is COC1=C2NC(=O)/C(C)=C\C=C\[C@H](C)[C@H](O)[C@@H](C)[C@@H](O)[C@@H](C)[C@H](OC(C)=O)[C@H](C)[C@@H](OC)/C=C/O[C@@]3(C)Oc4c(C)c(O)c(c(c4C3=O)C1=N)C2=O. The predicted octanol–water partition coefficient (Wildman–Crippen LogP) is 3.79. The number of amides is 1. The van der Waals surface area contributed by atoms with Crippen molar-refractivity contribution in [2.75, 3.05) is 14.2 Å². The summed E-state index contributed by atoms with van der Waals surface area (Å²) < 4.78 is 28.7. The zero-order chi connectivity index (χ0) is 39.0. The minimum absolute atomic E-state index is 0.0310. The van der Waals surface area contributed by atoms with Gasteiger partial charge in [0.1, 0.15) is 29.0 Å². The van der Waals surface area contributed by atoms with Crippen LogP contribution in [0.5, 0.6) is 11.5 Å². The Labute approximate surface area is 302 Å². The number of benzene rings is 1. The number of ketones is 2. The lowest BCUT2D eigenvalue weighted by atomic mass is 9.78. The van der Waals surface area contributed by atoms with Crippen LogP contribution in [0, 0.1) is 36.0 Å². The smallest absolute Gasteiger partial charge is 0.312 e. The van der Waals surface area contributed by atoms with E-state index in [1.54, 1.807) is 39.8 Å². The van der Waals surface area contributed by atoms with E-state index in [1.807, 2.05) is 0 Å². The van der Waals surface area contributed by atoms with Gasteiger partial charge in [-0.3, -0.25) is 24.6 Å². The zero-order valence-electron chi connectivity index (χ0n) is 31.0. The number of phenolic OH excluding ortho intramolecular Hbond substituents is 1. The zero-order valence-corrected chi connectivity index (χ0v) is 31.0. The average molecular weight is 725 g/mol. The maximum atomic E-state index is 14.1. The van der Waals surface area contributed by atoms with Crippen molar-refractivity contribution in [3.8, 4) is 11.5 Å². The highest BCUT2D eigenvalue weighted by Crippen LogP contribution is 2.48. The van der Waals surface area contributed by atoms with Crippen LogP contribution in [0.2, 0.25) is 0 Å². The molecule has 4 aliphatic rings. The van der Waals surface area contributed by atoms with Crippen molar-refractivity contribution in [2.24, 2.45) is 23.7 Å². The molecule has 1 amide bonds. The number of carbonyl (C=O) groups excluding carboxylic acids is 4. The first-order valence-corrected chi connectivity index (χ1v) is 16.9. The Kier molecular flexibility index (Phi) is 11.9. The fourth-order valence-corrected chi connectivity index (χ4v) is 6.90. The van der Waals surface area contributed by atoms with E-state index in [9.17, 15) is 34.5 Å². The van der Waals surface area contributed by atoms with Gasteiger partial charge in [-0.1, -0.05) is 45.9 Å². The standard InChI is InChI=1S/C38H48N2O12/c1-16-12-11-13-17(2)37(47)40-28-32(45)25-24(27(39)35(28)49-10)26-34(21(6)31(25)44)52-38(8,36(26)46)50-15-14-23(48-9)18(3)33(51-22(7)41)20(5)30(43)19(4)29(16)42/h11-16,18-20,23,29-30,33,39,42-44H,1-10H3,(H,40,47)/b12-11+,15-14+,17-13-,39-27?/t16-,18+,19+,20+,23-,29-,30+,33+,38-/m0/s1. The Morgan fingerprint density at radius 2 is 1.62 bits per heavy atom. The van der Waals surface area contributed by atoms with Crippen LogP contribution < -0.4 is 10.1 Å². The largest absolute Gasteiger partial charge is 0.507 e. The van der Waals surface area contributed by atoms with Crippen LogP contribution in [0.4, 0.5) is 0 Å². The molecule has 9 atom stereocenters. The Hall–Kier alpha value is -4.79. The van der Waals surface area contributed by atoms with E-state index in [-0.39, 0.29) is 39.3 Å². The number of phenols is 1. The highest BCUT2D eigenvalue weighted by atomic mass is 16.7. The summed E-state index contributed by atoms with van der Waals surface area (Å²) in [5.74, 6) is -8.43. The molecule has 0 fully saturated rings. The van der Waals surface area contributed by atoms with E-state index < -0.39 is 94.5 Å². The number of carbonyl (C=O) groups is 4. The third kappa shape index (κ3) is 7.14. The molecule has 0 spiro atoms. The van der Waals surface area contributed by atoms with Crippen LogP contribution in [0.3, 0.4) is 0 Å². The molecule has 14 nitrogen and oxygen atoms in total. The molecule has 0 saturated heterocycles. The lowest BCUT2D eigenvalue weighted by Gasteiger charge is -2.38. The van der Waals surface area contributed by atoms with E-state index in [0.29, 0.717) is 0 Å². The molecule has 0 saturated carbocycles. The molecule has 14 heteroatoms. The number of hydrogen-bond donors (Lipinski definition) is 5. The molecule has 282 valence electrons. The second-order valence-electron chi connectivity index (χ2n) is 13.7. The van der Waals surface area contributed by atoms with Crippen molar-refractivity contribution in [3.05, 3.63) is 69.8 Å². The number of esters is 1. The first-order valence-electron chi connectivity index (χ1n) is 16.9. The summed E-state index contributed by atoms with van der Waals surface area (Å²) in [5, 5.41) is 45.4. The second-order valence-corrected chi connectivity index (χ2v) is 13.7. The molecule has 1 aromatic carbocycles. The molecule has 1 aromatic rings. The molecular formula is C38H48N2O12. The highest BCUT2D eigenvalue weighted by Gasteiger charge is 2.52. The van der Waals surface area contributed by atoms with Crippen LogP contribution in [-0.4, -0.2) is 88.9 Å². The van der Waals surface area contributed by atoms with Gasteiger partial charge >= 0.3 is 11.8 Å². The number of Topliss-reactive ketones (excluding diaryl/α,β-unsaturated/α-hetero) is 2. The topological polar surface area (TPSA) is 211 Å². The predicted molar refractivity (Wildman–Crippen MR) is 188 cm³/mol. The van der Waals surface area contributed by atoms with Gasteiger partial charge in [-0.2, -0.15) is 0 Å². The maximum absolute atomic E-state index is 14.1. The Balaban J connectivity index is 1.88. The number of aliphatic hydroxyl groups is 2. The number of methoxy groups -OCH3 is 2. The number of hydrogen-bond acceptors (Lipinski definition) is 13. The number of aliphatic hydroxyl groups excluding tert-OH is 2. The van der Waals surface area contributed by atoms with Crippen LogP contribution in [0.25, 0.3) is 0 Å². The third-order valence-electron chi connectivity index (χ3n) is 10.2. The Bertz CT molecular complexity index is 1790. The van der Waals surface area contributed by atoms with Gasteiger partial charge in [0.25, 0.3) is 11.7 Å². The quantitative estimate of drug-likeness (QED) is 0.282. The van der Waals surface area contributed by atoms with E-state index in [1.165, 1.54) is 60.3 Å². The van der Waals surface area contributed by atoms with Gasteiger partial charge < -0.3 is 44.3 Å². The number of nitrogens with one attached hydrogen (secondary N) is 2. The van der Waals surface area contributed by atoms with Crippen molar-refractivity contribution in [1.82, 2.24) is 5.32 Å². The fraction of sp³-hybridized carbons (Fsp3) is 0.500. The lowest BCUT2D eigenvalue weighted by Crippen LogP contribution is -2.46. The van der Waals surface area contributed by atoms with Crippen LogP contribution in [-0.2, 0) is 28.5 Å². The van der Waals surface area contributed by atoms with Gasteiger partial charge in [-0.15, -0.1) is 0 Å². The molecule has 5 bridgehead atoms. The third-order valence-corrected chi connectivity index (χ3v) is 10.2. The van der Waals surface area contributed by atoms with Crippen molar-refractivity contribution >= 4 is 29.2 Å². The van der Waals surface area contributed by atoms with Crippen LogP contribution in [0.15, 0.2) is 47.6 Å². The van der Waals surface area contributed by atoms with E-state index in [2.05, 4.69) is 5.32 Å². The van der Waals surface area contributed by atoms with Gasteiger partial charge in [0.15, 0.2) is 5.76 Å². The van der Waals surface area contributed by atoms with Crippen LogP contribution >= 0.6 is 0 Å². The summed E-state index contributed by atoms with van der Waals surface area (Å²) in [7, 11) is 2.63. The van der Waals surface area contributed by atoms with Gasteiger partial charge in [-0.05, 0) is 19.9 Å². The minimum atomic E-state index is -2.02. The van der Waals surface area contributed by atoms with Gasteiger partial charge in [0, 0.05) is 61.3 Å².